The summed E-state index contributed by atoms with van der Waals surface area (Å²) in [5, 5.41) is 8.43. The van der Waals surface area contributed by atoms with E-state index in [2.05, 4.69) is 20.4 Å². The summed E-state index contributed by atoms with van der Waals surface area (Å²) in [6.07, 6.45) is 2.60. The fourth-order valence-electron chi connectivity index (χ4n) is 0.865. The lowest BCUT2D eigenvalue weighted by molar-refractivity contribution is -0.140. The maximum Gasteiger partial charge on any atom is 0.333 e. The Morgan fingerprint density at radius 1 is 1.15 bits per heavy atom. The number of aliphatic carboxylic acids is 1. The van der Waals surface area contributed by atoms with Crippen molar-refractivity contribution in [2.45, 2.75) is 48.0 Å². The number of rotatable bonds is 6. The van der Waals surface area contributed by atoms with Gasteiger partial charge in [0.2, 0.25) is 0 Å². The Morgan fingerprint density at radius 3 is 1.95 bits per heavy atom. The SMILES string of the molecule is C=C(C)C(=O)OCC(C)C.CC(=CCC(C)C)C(=O)O. The van der Waals surface area contributed by atoms with Crippen molar-refractivity contribution in [1.82, 2.24) is 0 Å². The average Bonchev–Trinajstić information content (AvgIpc) is 2.33. The van der Waals surface area contributed by atoms with E-state index >= 15 is 0 Å². The summed E-state index contributed by atoms with van der Waals surface area (Å²) in [5.74, 6) is -0.188. The summed E-state index contributed by atoms with van der Waals surface area (Å²) >= 11 is 0. The van der Waals surface area contributed by atoms with E-state index in [0.717, 1.165) is 6.42 Å². The predicted molar refractivity (Wildman–Crippen MR) is 81.5 cm³/mol. The van der Waals surface area contributed by atoms with Crippen LogP contribution >= 0.6 is 0 Å². The first-order valence-corrected chi connectivity index (χ1v) is 6.80. The maximum absolute atomic E-state index is 10.7. The molecule has 0 spiro atoms. The van der Waals surface area contributed by atoms with Crippen LogP contribution < -0.4 is 0 Å². The third kappa shape index (κ3) is 14.5. The fraction of sp³-hybridized carbons (Fsp3) is 0.625. The first-order valence-electron chi connectivity index (χ1n) is 6.80. The fourth-order valence-corrected chi connectivity index (χ4v) is 0.865. The number of allylic oxidation sites excluding steroid dienone is 1. The van der Waals surface area contributed by atoms with Crippen LogP contribution in [0.4, 0.5) is 0 Å². The van der Waals surface area contributed by atoms with Crippen molar-refractivity contribution >= 4 is 11.9 Å². The van der Waals surface area contributed by atoms with Crippen LogP contribution in [0.25, 0.3) is 0 Å². The molecule has 0 unspecified atom stereocenters. The third-order valence-electron chi connectivity index (χ3n) is 2.13. The van der Waals surface area contributed by atoms with E-state index in [1.165, 1.54) is 0 Å². The minimum absolute atomic E-state index is 0.297. The largest absolute Gasteiger partial charge is 0.478 e. The molecule has 0 aliphatic carbocycles. The number of ether oxygens (including phenoxy) is 1. The second kappa shape index (κ2) is 11.3. The summed E-state index contributed by atoms with van der Waals surface area (Å²) in [7, 11) is 0. The molecule has 4 heteroatoms. The lowest BCUT2D eigenvalue weighted by atomic mass is 10.1. The third-order valence-corrected chi connectivity index (χ3v) is 2.13. The van der Waals surface area contributed by atoms with Crippen molar-refractivity contribution in [3.8, 4) is 0 Å². The van der Waals surface area contributed by atoms with Crippen LogP contribution in [0, 0.1) is 11.8 Å². The molecule has 20 heavy (non-hydrogen) atoms. The van der Waals surface area contributed by atoms with Crippen LogP contribution in [0.2, 0.25) is 0 Å². The summed E-state index contributed by atoms with van der Waals surface area (Å²) < 4.78 is 4.83. The molecule has 0 radical (unpaired) electrons. The van der Waals surface area contributed by atoms with E-state index in [4.69, 9.17) is 9.84 Å². The van der Waals surface area contributed by atoms with Crippen LogP contribution in [0.5, 0.6) is 0 Å². The van der Waals surface area contributed by atoms with Crippen LogP contribution in [0.1, 0.15) is 48.0 Å². The quantitative estimate of drug-likeness (QED) is 0.595. The van der Waals surface area contributed by atoms with Crippen molar-refractivity contribution in [3.05, 3.63) is 23.8 Å². The second-order valence-electron chi connectivity index (χ2n) is 5.59. The molecule has 0 bridgehead atoms. The minimum atomic E-state index is -0.819. The molecular weight excluding hydrogens is 256 g/mol. The van der Waals surface area contributed by atoms with Gasteiger partial charge < -0.3 is 9.84 Å². The molecule has 0 atom stereocenters. The van der Waals surface area contributed by atoms with Gasteiger partial charge in [-0.3, -0.25) is 0 Å². The van der Waals surface area contributed by atoms with E-state index in [1.807, 2.05) is 13.8 Å². The van der Waals surface area contributed by atoms with E-state index in [0.29, 0.717) is 29.6 Å². The van der Waals surface area contributed by atoms with Crippen molar-refractivity contribution in [1.29, 1.82) is 0 Å². The normalized spacial score (nSPS) is 10.9. The van der Waals surface area contributed by atoms with E-state index in [9.17, 15) is 9.59 Å². The predicted octanol–water partition coefficient (Wildman–Crippen LogP) is 3.83. The Hall–Kier alpha value is -1.58. The van der Waals surface area contributed by atoms with Gasteiger partial charge in [-0.05, 0) is 32.1 Å². The zero-order valence-corrected chi connectivity index (χ0v) is 13.5. The van der Waals surface area contributed by atoms with Gasteiger partial charge in [-0.1, -0.05) is 40.3 Å². The number of esters is 1. The smallest absolute Gasteiger partial charge is 0.333 e. The molecule has 0 heterocycles. The van der Waals surface area contributed by atoms with Crippen molar-refractivity contribution in [2.24, 2.45) is 11.8 Å². The number of hydrogen-bond acceptors (Lipinski definition) is 3. The van der Waals surface area contributed by atoms with Crippen LogP contribution in [-0.4, -0.2) is 23.7 Å². The standard InChI is InChI=1S/2C8H14O2/c1-6(2)5-10-8(9)7(3)4;1-6(2)4-5-7(3)8(9)10/h6H,3,5H2,1-2,4H3;5-6H,4H2,1-3H3,(H,9,10). The van der Waals surface area contributed by atoms with E-state index < -0.39 is 5.97 Å². The zero-order chi connectivity index (χ0) is 16.3. The van der Waals surface area contributed by atoms with Gasteiger partial charge >= 0.3 is 11.9 Å². The monoisotopic (exact) mass is 284 g/mol. The molecule has 0 aliphatic heterocycles. The lowest BCUT2D eigenvalue weighted by Crippen LogP contribution is -2.09. The Morgan fingerprint density at radius 2 is 1.65 bits per heavy atom. The highest BCUT2D eigenvalue weighted by molar-refractivity contribution is 5.87. The van der Waals surface area contributed by atoms with Crippen molar-refractivity contribution < 1.29 is 19.4 Å². The average molecular weight is 284 g/mol. The van der Waals surface area contributed by atoms with Gasteiger partial charge in [-0.2, -0.15) is 0 Å². The van der Waals surface area contributed by atoms with E-state index in [-0.39, 0.29) is 5.97 Å². The van der Waals surface area contributed by atoms with Gasteiger partial charge in [0.25, 0.3) is 0 Å². The minimum Gasteiger partial charge on any atom is -0.478 e. The number of carbonyl (C=O) groups excluding carboxylic acids is 1. The molecule has 0 aromatic rings. The number of carbonyl (C=O) groups is 2. The number of carboxylic acids is 1. The summed E-state index contributed by atoms with van der Waals surface area (Å²) in [4.78, 5) is 21.0. The second-order valence-corrected chi connectivity index (χ2v) is 5.59. The van der Waals surface area contributed by atoms with Crippen LogP contribution in [-0.2, 0) is 14.3 Å². The van der Waals surface area contributed by atoms with Gasteiger partial charge in [0.15, 0.2) is 0 Å². The summed E-state index contributed by atoms with van der Waals surface area (Å²) in [5.41, 5.74) is 0.898. The molecule has 0 amide bonds. The molecule has 0 saturated carbocycles. The van der Waals surface area contributed by atoms with Gasteiger partial charge in [0.1, 0.15) is 0 Å². The molecule has 0 saturated heterocycles. The van der Waals surface area contributed by atoms with Gasteiger partial charge in [-0.15, -0.1) is 0 Å². The molecule has 1 N–H and O–H groups in total. The lowest BCUT2D eigenvalue weighted by Gasteiger charge is -2.05. The number of carboxylic acid groups (broad SMARTS) is 1. The van der Waals surface area contributed by atoms with E-state index in [1.54, 1.807) is 19.9 Å². The Balaban J connectivity index is 0. The molecule has 0 fully saturated rings. The topological polar surface area (TPSA) is 63.6 Å². The Bertz CT molecular complexity index is 351. The zero-order valence-electron chi connectivity index (χ0n) is 13.5. The highest BCUT2D eigenvalue weighted by Crippen LogP contribution is 2.03. The molecule has 0 aromatic carbocycles. The summed E-state index contributed by atoms with van der Waals surface area (Å²) in [6.45, 7) is 15.3. The highest BCUT2D eigenvalue weighted by Gasteiger charge is 2.03. The van der Waals surface area contributed by atoms with Gasteiger partial charge in [0.05, 0.1) is 6.61 Å². The molecule has 0 aliphatic rings. The first-order chi connectivity index (χ1) is 9.07. The van der Waals surface area contributed by atoms with Crippen LogP contribution in [0.15, 0.2) is 23.8 Å². The molecule has 0 rings (SSSR count). The van der Waals surface area contributed by atoms with Gasteiger partial charge in [-0.25, -0.2) is 9.59 Å². The molecule has 116 valence electrons. The van der Waals surface area contributed by atoms with Gasteiger partial charge in [0, 0.05) is 11.1 Å². The van der Waals surface area contributed by atoms with Crippen molar-refractivity contribution in [2.75, 3.05) is 6.61 Å². The molecule has 0 aromatic heterocycles. The maximum atomic E-state index is 10.7. The van der Waals surface area contributed by atoms with Crippen molar-refractivity contribution in [3.63, 3.8) is 0 Å². The Kier molecular flexibility index (Phi) is 11.7. The summed E-state index contributed by atoms with van der Waals surface area (Å²) in [6, 6.07) is 0. The highest BCUT2D eigenvalue weighted by atomic mass is 16.5. The molecule has 4 nitrogen and oxygen atoms in total. The van der Waals surface area contributed by atoms with Crippen LogP contribution in [0.3, 0.4) is 0 Å². The number of hydrogen-bond donors (Lipinski definition) is 1. The molecular formula is C16H28O4. The first kappa shape index (κ1) is 20.7. The Labute approximate surface area is 122 Å².